The number of nitrogens with zero attached hydrogens (tertiary/aromatic N) is 2. The minimum Gasteiger partial charge on any atom is -0.384 e. The molecule has 4 nitrogen and oxygen atoms in total. The van der Waals surface area contributed by atoms with Crippen molar-refractivity contribution in [1.29, 1.82) is 5.41 Å². The summed E-state index contributed by atoms with van der Waals surface area (Å²) in [5, 5.41) is 11.8. The van der Waals surface area contributed by atoms with Crippen molar-refractivity contribution in [2.45, 2.75) is 33.7 Å². The highest BCUT2D eigenvalue weighted by molar-refractivity contribution is 5.94. The molecule has 0 aliphatic rings. The molecule has 0 unspecified atom stereocenters. The maximum atomic E-state index is 14.0. The van der Waals surface area contributed by atoms with Gasteiger partial charge in [-0.05, 0) is 31.9 Å². The Balaban J connectivity index is 2.33. The lowest BCUT2D eigenvalue weighted by Crippen LogP contribution is -2.12. The van der Waals surface area contributed by atoms with E-state index < -0.39 is 0 Å². The van der Waals surface area contributed by atoms with Gasteiger partial charge < -0.3 is 5.73 Å². The molecule has 0 spiro atoms. The third-order valence-electron chi connectivity index (χ3n) is 3.57. The summed E-state index contributed by atoms with van der Waals surface area (Å²) >= 11 is 0. The van der Waals surface area contributed by atoms with Gasteiger partial charge in [-0.25, -0.2) is 4.39 Å². The second-order valence-electron chi connectivity index (χ2n) is 4.88. The molecule has 0 aliphatic heterocycles. The summed E-state index contributed by atoms with van der Waals surface area (Å²) in [5.41, 5.74) is 9.57. The summed E-state index contributed by atoms with van der Waals surface area (Å²) in [4.78, 5) is 0. The number of aromatic nitrogens is 2. The number of benzene rings is 1. The molecular formula is C15H19FN4. The molecule has 0 aliphatic carbocycles. The number of nitrogen functional groups attached to an aromatic ring is 1. The average molecular weight is 274 g/mol. The Bertz CT molecular complexity index is 658. The van der Waals surface area contributed by atoms with Crippen LogP contribution < -0.4 is 5.73 Å². The Kier molecular flexibility index (Phi) is 3.88. The molecule has 3 N–H and O–H groups in total. The van der Waals surface area contributed by atoms with Crippen molar-refractivity contribution in [1.82, 2.24) is 9.78 Å². The highest BCUT2D eigenvalue weighted by atomic mass is 19.1. The van der Waals surface area contributed by atoms with Crippen LogP contribution in [0.5, 0.6) is 0 Å². The number of hydrogen-bond donors (Lipinski definition) is 2. The molecule has 0 fully saturated rings. The zero-order valence-corrected chi connectivity index (χ0v) is 12.0. The summed E-state index contributed by atoms with van der Waals surface area (Å²) in [7, 11) is 0. The Morgan fingerprint density at radius 2 is 2.10 bits per heavy atom. The van der Waals surface area contributed by atoms with Crippen molar-refractivity contribution in [2.24, 2.45) is 5.73 Å². The highest BCUT2D eigenvalue weighted by Crippen LogP contribution is 2.17. The normalized spacial score (nSPS) is 10.8. The fraction of sp³-hybridized carbons (Fsp3) is 0.333. The summed E-state index contributed by atoms with van der Waals surface area (Å²) in [6, 6.07) is 4.62. The van der Waals surface area contributed by atoms with E-state index in [1.165, 1.54) is 11.6 Å². The van der Waals surface area contributed by atoms with E-state index in [9.17, 15) is 4.39 Å². The molecule has 0 radical (unpaired) electrons. The van der Waals surface area contributed by atoms with E-state index in [4.69, 9.17) is 11.1 Å². The van der Waals surface area contributed by atoms with Gasteiger partial charge in [0.2, 0.25) is 0 Å². The third-order valence-corrected chi connectivity index (χ3v) is 3.57. The van der Waals surface area contributed by atoms with Crippen LogP contribution in [0.3, 0.4) is 0 Å². The Labute approximate surface area is 117 Å². The standard InChI is InChI=1S/C15H19FN4/c1-4-13-9(2)19-20(10(13)3)8-12-6-5-11(15(17)18)7-14(12)16/h5-7H,4,8H2,1-3H3,(H3,17,18). The van der Waals surface area contributed by atoms with Crippen molar-refractivity contribution in [2.75, 3.05) is 0 Å². The smallest absolute Gasteiger partial charge is 0.129 e. The van der Waals surface area contributed by atoms with Crippen molar-refractivity contribution in [3.8, 4) is 0 Å². The van der Waals surface area contributed by atoms with E-state index >= 15 is 0 Å². The molecule has 0 amide bonds. The molecule has 106 valence electrons. The van der Waals surface area contributed by atoms with Crippen LogP contribution in [0, 0.1) is 25.1 Å². The first kappa shape index (κ1) is 14.2. The Morgan fingerprint density at radius 1 is 1.40 bits per heavy atom. The van der Waals surface area contributed by atoms with Crippen molar-refractivity contribution >= 4 is 5.84 Å². The third kappa shape index (κ3) is 2.57. The quantitative estimate of drug-likeness (QED) is 0.664. The maximum absolute atomic E-state index is 14.0. The molecule has 5 heteroatoms. The van der Waals surface area contributed by atoms with Gasteiger partial charge in [0.1, 0.15) is 11.7 Å². The number of hydrogen-bond acceptors (Lipinski definition) is 2. The zero-order chi connectivity index (χ0) is 14.9. The number of aryl methyl sites for hydroxylation is 1. The highest BCUT2D eigenvalue weighted by Gasteiger charge is 2.12. The van der Waals surface area contributed by atoms with E-state index in [0.717, 1.165) is 17.8 Å². The summed E-state index contributed by atoms with van der Waals surface area (Å²) in [6.45, 7) is 6.44. The molecule has 0 saturated heterocycles. The van der Waals surface area contributed by atoms with Gasteiger partial charge in [-0.3, -0.25) is 10.1 Å². The van der Waals surface area contributed by atoms with Gasteiger partial charge in [0, 0.05) is 16.8 Å². The average Bonchev–Trinajstić information content (AvgIpc) is 2.66. The van der Waals surface area contributed by atoms with E-state index in [0.29, 0.717) is 17.7 Å². The molecule has 0 atom stereocenters. The van der Waals surface area contributed by atoms with E-state index in [1.807, 2.05) is 18.5 Å². The maximum Gasteiger partial charge on any atom is 0.129 e. The topological polar surface area (TPSA) is 67.7 Å². The van der Waals surface area contributed by atoms with E-state index in [2.05, 4.69) is 12.0 Å². The first-order chi connectivity index (χ1) is 9.43. The molecule has 2 aromatic rings. The molecule has 0 bridgehead atoms. The molecule has 2 rings (SSSR count). The lowest BCUT2D eigenvalue weighted by molar-refractivity contribution is 0.578. The summed E-state index contributed by atoms with van der Waals surface area (Å²) in [6.07, 6.45) is 0.920. The number of nitrogens with one attached hydrogen (secondary N) is 1. The van der Waals surface area contributed by atoms with E-state index in [1.54, 1.807) is 12.1 Å². The van der Waals surface area contributed by atoms with Gasteiger partial charge in [-0.1, -0.05) is 19.1 Å². The van der Waals surface area contributed by atoms with Crippen LogP contribution in [0.15, 0.2) is 18.2 Å². The second-order valence-corrected chi connectivity index (χ2v) is 4.88. The van der Waals surface area contributed by atoms with Crippen molar-refractivity contribution in [3.05, 3.63) is 52.1 Å². The van der Waals surface area contributed by atoms with Gasteiger partial charge in [0.05, 0.1) is 12.2 Å². The molecule has 20 heavy (non-hydrogen) atoms. The minimum absolute atomic E-state index is 0.130. The van der Waals surface area contributed by atoms with Gasteiger partial charge in [0.15, 0.2) is 0 Å². The summed E-state index contributed by atoms with van der Waals surface area (Å²) in [5.74, 6) is -0.488. The number of rotatable bonds is 4. The van der Waals surface area contributed by atoms with E-state index in [-0.39, 0.29) is 11.7 Å². The molecule has 1 aromatic heterocycles. The van der Waals surface area contributed by atoms with Crippen LogP contribution in [0.1, 0.15) is 35.0 Å². The first-order valence-electron chi connectivity index (χ1n) is 6.59. The Hall–Kier alpha value is -2.17. The van der Waals surface area contributed by atoms with Crippen LogP contribution >= 0.6 is 0 Å². The monoisotopic (exact) mass is 274 g/mol. The van der Waals surface area contributed by atoms with Crippen LogP contribution in [0.25, 0.3) is 0 Å². The number of halogens is 1. The first-order valence-corrected chi connectivity index (χ1v) is 6.59. The van der Waals surface area contributed by atoms with Crippen LogP contribution in [-0.2, 0) is 13.0 Å². The van der Waals surface area contributed by atoms with Crippen molar-refractivity contribution < 1.29 is 4.39 Å². The van der Waals surface area contributed by atoms with Gasteiger partial charge in [0.25, 0.3) is 0 Å². The lowest BCUT2D eigenvalue weighted by Gasteiger charge is -2.08. The summed E-state index contributed by atoms with van der Waals surface area (Å²) < 4.78 is 15.8. The largest absolute Gasteiger partial charge is 0.384 e. The molecule has 0 saturated carbocycles. The molecule has 1 aromatic carbocycles. The fourth-order valence-electron chi connectivity index (χ4n) is 2.40. The predicted octanol–water partition coefficient (Wildman–Crippen LogP) is 2.53. The van der Waals surface area contributed by atoms with Crippen LogP contribution in [0.2, 0.25) is 0 Å². The molecule has 1 heterocycles. The lowest BCUT2D eigenvalue weighted by atomic mass is 10.1. The second kappa shape index (κ2) is 5.45. The number of nitrogens with two attached hydrogens (primary N) is 1. The number of amidine groups is 1. The molecular weight excluding hydrogens is 255 g/mol. The Morgan fingerprint density at radius 3 is 2.60 bits per heavy atom. The zero-order valence-electron chi connectivity index (χ0n) is 12.0. The van der Waals surface area contributed by atoms with Crippen LogP contribution in [0.4, 0.5) is 4.39 Å². The van der Waals surface area contributed by atoms with Gasteiger partial charge in [-0.2, -0.15) is 5.10 Å². The van der Waals surface area contributed by atoms with Gasteiger partial charge >= 0.3 is 0 Å². The predicted molar refractivity (Wildman–Crippen MR) is 77.6 cm³/mol. The fourth-order valence-corrected chi connectivity index (χ4v) is 2.40. The van der Waals surface area contributed by atoms with Crippen molar-refractivity contribution in [3.63, 3.8) is 0 Å². The van der Waals surface area contributed by atoms with Crippen LogP contribution in [-0.4, -0.2) is 15.6 Å². The van der Waals surface area contributed by atoms with Gasteiger partial charge in [-0.15, -0.1) is 0 Å². The minimum atomic E-state index is -0.358. The SMILES string of the molecule is CCc1c(C)nn(Cc2ccc(C(=N)N)cc2F)c1C.